The summed E-state index contributed by atoms with van der Waals surface area (Å²) in [6.45, 7) is 5.18. The van der Waals surface area contributed by atoms with Crippen LogP contribution in [-0.2, 0) is 16.1 Å². The number of imidazole rings is 1. The molecule has 0 spiro atoms. The van der Waals surface area contributed by atoms with Crippen molar-refractivity contribution in [2.75, 3.05) is 19.0 Å². The molecule has 28 heavy (non-hydrogen) atoms. The van der Waals surface area contributed by atoms with Crippen LogP contribution in [0.3, 0.4) is 0 Å². The number of methoxy groups -OCH3 is 1. The summed E-state index contributed by atoms with van der Waals surface area (Å²) in [5, 5.41) is 7.28. The fourth-order valence-electron chi connectivity index (χ4n) is 2.93. The van der Waals surface area contributed by atoms with Crippen molar-refractivity contribution in [1.29, 1.82) is 0 Å². The van der Waals surface area contributed by atoms with Crippen LogP contribution in [0.1, 0.15) is 31.9 Å². The highest BCUT2D eigenvalue weighted by atomic mass is 32.2. The number of para-hydroxylation sites is 2. The second-order valence-corrected chi connectivity index (χ2v) is 7.76. The number of benzene rings is 1. The Balaban J connectivity index is 1.84. The van der Waals surface area contributed by atoms with Crippen LogP contribution in [0.25, 0.3) is 11.0 Å². The number of anilines is 1. The summed E-state index contributed by atoms with van der Waals surface area (Å²) in [5.41, 5.74) is 1.96. The molecule has 1 N–H and O–H groups in total. The number of unbranched alkanes of at least 4 members (excludes halogenated alkanes) is 1. The van der Waals surface area contributed by atoms with E-state index in [0.29, 0.717) is 24.7 Å². The predicted octanol–water partition coefficient (Wildman–Crippen LogP) is 4.27. The number of aromatic nitrogens is 3. The van der Waals surface area contributed by atoms with Gasteiger partial charge in [-0.05, 0) is 25.5 Å². The number of amides is 1. The lowest BCUT2D eigenvalue weighted by molar-refractivity contribution is -0.115. The summed E-state index contributed by atoms with van der Waals surface area (Å²) >= 11 is 1.49. The number of carbonyl (C=O) groups excluding carboxylic acids is 1. The van der Waals surface area contributed by atoms with Crippen molar-refractivity contribution < 1.29 is 14.1 Å². The molecule has 1 amide bonds. The van der Waals surface area contributed by atoms with Crippen LogP contribution in [0.15, 0.2) is 40.0 Å². The highest BCUT2D eigenvalue weighted by Crippen LogP contribution is 2.30. The fraction of sp³-hybridized carbons (Fsp3) is 0.450. The number of fused-ring (bicyclic) bond motifs is 1. The van der Waals surface area contributed by atoms with Gasteiger partial charge in [0.2, 0.25) is 5.91 Å². The van der Waals surface area contributed by atoms with E-state index in [1.165, 1.54) is 11.8 Å². The zero-order valence-corrected chi connectivity index (χ0v) is 17.3. The summed E-state index contributed by atoms with van der Waals surface area (Å²) in [6, 6.07) is 9.71. The van der Waals surface area contributed by atoms with E-state index in [0.717, 1.165) is 35.5 Å². The molecule has 150 valence electrons. The Kier molecular flexibility index (Phi) is 7.11. The third-order valence-electron chi connectivity index (χ3n) is 4.38. The molecular weight excluding hydrogens is 376 g/mol. The zero-order chi connectivity index (χ0) is 19.9. The number of ether oxygens (including phenoxy) is 1. The van der Waals surface area contributed by atoms with Crippen LogP contribution in [0.2, 0.25) is 0 Å². The van der Waals surface area contributed by atoms with Gasteiger partial charge in [0, 0.05) is 19.7 Å². The van der Waals surface area contributed by atoms with E-state index in [1.54, 1.807) is 20.1 Å². The van der Waals surface area contributed by atoms with E-state index < -0.39 is 0 Å². The van der Waals surface area contributed by atoms with Crippen molar-refractivity contribution in [3.8, 4) is 0 Å². The zero-order valence-electron chi connectivity index (χ0n) is 16.5. The molecule has 0 aliphatic carbocycles. The van der Waals surface area contributed by atoms with Crippen LogP contribution in [-0.4, -0.2) is 39.6 Å². The van der Waals surface area contributed by atoms with Gasteiger partial charge in [0.1, 0.15) is 5.76 Å². The maximum Gasteiger partial charge on any atom is 0.239 e. The summed E-state index contributed by atoms with van der Waals surface area (Å²) in [5.74, 6) is 1.02. The van der Waals surface area contributed by atoms with Crippen LogP contribution in [0.4, 0.5) is 5.82 Å². The molecule has 0 fully saturated rings. The topological polar surface area (TPSA) is 82.2 Å². The Morgan fingerprint density at radius 3 is 2.93 bits per heavy atom. The first-order chi connectivity index (χ1) is 13.6. The third-order valence-corrected chi connectivity index (χ3v) is 5.63. The molecular formula is C20H26N4O3S. The standard InChI is InChI=1S/C20H26N4O3S/c1-4-5-10-17(19(25)22-18-13-14(2)27-23-18)28-20-21-15-8-6-7-9-16(15)24(20)11-12-26-3/h6-9,13,17H,4-5,10-12H2,1-3H3,(H,22,23,25). The lowest BCUT2D eigenvalue weighted by Crippen LogP contribution is -2.26. The number of aryl methyl sites for hydroxylation is 1. The van der Waals surface area contributed by atoms with Crippen molar-refractivity contribution in [3.05, 3.63) is 36.1 Å². The highest BCUT2D eigenvalue weighted by Gasteiger charge is 2.24. The van der Waals surface area contributed by atoms with Crippen molar-refractivity contribution in [3.63, 3.8) is 0 Å². The number of thioether (sulfide) groups is 1. The number of carbonyl (C=O) groups is 1. The smallest absolute Gasteiger partial charge is 0.239 e. The summed E-state index contributed by atoms with van der Waals surface area (Å²) in [6.07, 6.45) is 2.74. The number of hydrogen-bond donors (Lipinski definition) is 1. The molecule has 0 radical (unpaired) electrons. The number of nitrogens with zero attached hydrogens (tertiary/aromatic N) is 3. The first-order valence-corrected chi connectivity index (χ1v) is 10.4. The SMILES string of the molecule is CCCCC(Sc1nc2ccccc2n1CCOC)C(=O)Nc1cc(C)on1. The maximum absolute atomic E-state index is 12.9. The molecule has 3 aromatic rings. The van der Waals surface area contributed by atoms with E-state index >= 15 is 0 Å². The van der Waals surface area contributed by atoms with Crippen molar-refractivity contribution in [2.24, 2.45) is 0 Å². The molecule has 8 heteroatoms. The van der Waals surface area contributed by atoms with Gasteiger partial charge >= 0.3 is 0 Å². The van der Waals surface area contributed by atoms with Gasteiger partial charge in [-0.3, -0.25) is 4.79 Å². The van der Waals surface area contributed by atoms with Crippen molar-refractivity contribution >= 4 is 34.5 Å². The average molecular weight is 403 g/mol. The molecule has 2 heterocycles. The Labute approximate surface area is 168 Å². The molecule has 1 atom stereocenters. The van der Waals surface area contributed by atoms with Gasteiger partial charge in [-0.15, -0.1) is 0 Å². The van der Waals surface area contributed by atoms with Gasteiger partial charge < -0.3 is 19.1 Å². The second kappa shape index (κ2) is 9.75. The molecule has 7 nitrogen and oxygen atoms in total. The Morgan fingerprint density at radius 1 is 1.39 bits per heavy atom. The van der Waals surface area contributed by atoms with E-state index in [2.05, 4.69) is 22.0 Å². The minimum Gasteiger partial charge on any atom is -0.383 e. The first-order valence-electron chi connectivity index (χ1n) is 9.47. The van der Waals surface area contributed by atoms with Crippen molar-refractivity contribution in [1.82, 2.24) is 14.7 Å². The third kappa shape index (κ3) is 4.94. The normalized spacial score (nSPS) is 12.4. The first kappa shape index (κ1) is 20.4. The lowest BCUT2D eigenvalue weighted by atomic mass is 10.2. The van der Waals surface area contributed by atoms with Gasteiger partial charge in [0.05, 0.1) is 22.9 Å². The number of hydrogen-bond acceptors (Lipinski definition) is 6. The van der Waals surface area contributed by atoms with Gasteiger partial charge in [-0.2, -0.15) is 0 Å². The monoisotopic (exact) mass is 402 g/mol. The summed E-state index contributed by atoms with van der Waals surface area (Å²) in [4.78, 5) is 17.7. The van der Waals surface area contributed by atoms with E-state index in [9.17, 15) is 4.79 Å². The molecule has 1 unspecified atom stereocenters. The number of rotatable bonds is 10. The number of nitrogens with one attached hydrogen (secondary N) is 1. The van der Waals surface area contributed by atoms with Crippen LogP contribution in [0.5, 0.6) is 0 Å². The minimum atomic E-state index is -0.268. The van der Waals surface area contributed by atoms with Crippen LogP contribution >= 0.6 is 11.8 Å². The molecule has 0 aliphatic rings. The maximum atomic E-state index is 12.9. The molecule has 0 saturated carbocycles. The molecule has 1 aromatic carbocycles. The van der Waals surface area contributed by atoms with Gasteiger partial charge in [0.25, 0.3) is 0 Å². The highest BCUT2D eigenvalue weighted by molar-refractivity contribution is 8.00. The average Bonchev–Trinajstić information content (AvgIpc) is 3.26. The quantitative estimate of drug-likeness (QED) is 0.510. The van der Waals surface area contributed by atoms with Crippen LogP contribution in [0, 0.1) is 6.92 Å². The molecule has 0 saturated heterocycles. The fourth-order valence-corrected chi connectivity index (χ4v) is 4.11. The molecule has 3 rings (SSSR count). The second-order valence-electron chi connectivity index (χ2n) is 6.59. The van der Waals surface area contributed by atoms with Gasteiger partial charge in [-0.1, -0.05) is 48.8 Å². The van der Waals surface area contributed by atoms with E-state index in [1.807, 2.05) is 24.3 Å². The minimum absolute atomic E-state index is 0.0860. The molecule has 0 aliphatic heterocycles. The van der Waals surface area contributed by atoms with Gasteiger partial charge in [-0.25, -0.2) is 4.98 Å². The largest absolute Gasteiger partial charge is 0.383 e. The molecule has 2 aromatic heterocycles. The summed E-state index contributed by atoms with van der Waals surface area (Å²) in [7, 11) is 1.68. The Bertz CT molecular complexity index is 921. The van der Waals surface area contributed by atoms with Crippen molar-refractivity contribution in [2.45, 2.75) is 50.1 Å². The van der Waals surface area contributed by atoms with E-state index in [4.69, 9.17) is 14.2 Å². The van der Waals surface area contributed by atoms with Crippen LogP contribution < -0.4 is 5.32 Å². The lowest BCUT2D eigenvalue weighted by Gasteiger charge is -2.16. The summed E-state index contributed by atoms with van der Waals surface area (Å²) < 4.78 is 12.4. The predicted molar refractivity (Wildman–Crippen MR) is 111 cm³/mol. The Morgan fingerprint density at radius 2 is 2.21 bits per heavy atom. The van der Waals surface area contributed by atoms with Gasteiger partial charge in [0.15, 0.2) is 11.0 Å². The molecule has 0 bridgehead atoms. The van der Waals surface area contributed by atoms with E-state index in [-0.39, 0.29) is 11.2 Å². The Hall–Kier alpha value is -2.32.